The van der Waals surface area contributed by atoms with Crippen LogP contribution in [0.15, 0.2) is 36.8 Å². The zero-order valence-corrected chi connectivity index (χ0v) is 18.6. The van der Waals surface area contributed by atoms with Crippen LogP contribution in [0.5, 0.6) is 5.75 Å². The first-order valence-electron chi connectivity index (χ1n) is 10.8. The molecule has 1 aliphatic heterocycles. The van der Waals surface area contributed by atoms with Gasteiger partial charge in [-0.15, -0.1) is 0 Å². The van der Waals surface area contributed by atoms with Gasteiger partial charge in [0, 0.05) is 18.3 Å². The number of nitrogens with zero attached hydrogens (tertiary/aromatic N) is 4. The number of imidazole rings is 1. The van der Waals surface area contributed by atoms with Gasteiger partial charge in [-0.25, -0.2) is 9.78 Å². The van der Waals surface area contributed by atoms with E-state index in [0.29, 0.717) is 19.9 Å². The van der Waals surface area contributed by atoms with Gasteiger partial charge in [-0.1, -0.05) is 13.8 Å². The highest BCUT2D eigenvalue weighted by molar-refractivity contribution is 5.79. The van der Waals surface area contributed by atoms with E-state index >= 15 is 0 Å². The molecule has 3 rings (SSSR count). The topological polar surface area (TPSA) is 59.8 Å². The molecule has 0 spiro atoms. The number of amides is 1. The fourth-order valence-corrected chi connectivity index (χ4v) is 3.65. The molecular weight excluding hydrogens is 380 g/mol. The lowest BCUT2D eigenvalue weighted by Crippen LogP contribution is -2.45. The molecular formula is C23H34N4O3. The van der Waals surface area contributed by atoms with Crippen LogP contribution < -0.4 is 4.74 Å². The Balaban J connectivity index is 1.57. The Morgan fingerprint density at radius 1 is 1.17 bits per heavy atom. The van der Waals surface area contributed by atoms with Crippen molar-refractivity contribution in [2.45, 2.75) is 46.1 Å². The van der Waals surface area contributed by atoms with E-state index in [4.69, 9.17) is 9.47 Å². The number of ether oxygens (including phenoxy) is 2. The number of carbonyl (C=O) groups is 1. The zero-order chi connectivity index (χ0) is 21.6. The summed E-state index contributed by atoms with van der Waals surface area (Å²) < 4.78 is 12.9. The first-order valence-corrected chi connectivity index (χ1v) is 10.8. The molecule has 0 bridgehead atoms. The molecule has 164 valence electrons. The molecule has 1 saturated heterocycles. The van der Waals surface area contributed by atoms with Crippen molar-refractivity contribution in [1.29, 1.82) is 0 Å². The summed E-state index contributed by atoms with van der Waals surface area (Å²) >= 11 is 0. The average molecular weight is 415 g/mol. The van der Waals surface area contributed by atoms with Gasteiger partial charge < -0.3 is 9.47 Å². The number of aromatic nitrogens is 2. The predicted molar refractivity (Wildman–Crippen MR) is 118 cm³/mol. The van der Waals surface area contributed by atoms with Crippen molar-refractivity contribution in [3.8, 4) is 17.0 Å². The van der Waals surface area contributed by atoms with Gasteiger partial charge in [0.15, 0.2) is 0 Å². The van der Waals surface area contributed by atoms with Crippen LogP contribution in [0, 0.1) is 0 Å². The van der Waals surface area contributed by atoms with E-state index in [1.807, 2.05) is 38.1 Å². The van der Waals surface area contributed by atoms with Gasteiger partial charge in [-0.05, 0) is 64.0 Å². The molecule has 0 radical (unpaired) electrons. The van der Waals surface area contributed by atoms with Gasteiger partial charge >= 0.3 is 6.03 Å². The summed E-state index contributed by atoms with van der Waals surface area (Å²) in [6, 6.07) is 7.74. The number of hydrogen-bond donors (Lipinski definition) is 0. The second-order valence-electron chi connectivity index (χ2n) is 8.38. The first kappa shape index (κ1) is 22.3. The van der Waals surface area contributed by atoms with E-state index in [2.05, 4.69) is 23.7 Å². The second kappa shape index (κ2) is 10.1. The molecule has 0 atom stereocenters. The van der Waals surface area contributed by atoms with E-state index in [1.165, 1.54) is 4.57 Å². The van der Waals surface area contributed by atoms with E-state index in [1.54, 1.807) is 17.4 Å². The van der Waals surface area contributed by atoms with Crippen LogP contribution in [0.1, 0.15) is 40.5 Å². The van der Waals surface area contributed by atoms with Crippen LogP contribution in [0.2, 0.25) is 0 Å². The SMILES string of the molecule is CCCN(CCC)CCOc1ccc(-c2cn(C(=O)N3COCC3(C)C)cn2)cc1. The minimum absolute atomic E-state index is 0.125. The van der Waals surface area contributed by atoms with Gasteiger partial charge in [0.25, 0.3) is 0 Å². The minimum Gasteiger partial charge on any atom is -0.492 e. The van der Waals surface area contributed by atoms with Gasteiger partial charge in [0.1, 0.15) is 25.4 Å². The fraction of sp³-hybridized carbons (Fsp3) is 0.565. The van der Waals surface area contributed by atoms with E-state index in [-0.39, 0.29) is 11.6 Å². The van der Waals surface area contributed by atoms with Crippen LogP contribution in [0.4, 0.5) is 4.79 Å². The third-order valence-electron chi connectivity index (χ3n) is 5.35. The molecule has 7 heteroatoms. The number of carbonyl (C=O) groups excluding carboxylic acids is 1. The highest BCUT2D eigenvalue weighted by atomic mass is 16.5. The average Bonchev–Trinajstić information content (AvgIpc) is 3.35. The molecule has 1 aromatic carbocycles. The maximum Gasteiger partial charge on any atom is 0.331 e. The lowest BCUT2D eigenvalue weighted by atomic mass is 10.1. The maximum atomic E-state index is 12.8. The third-order valence-corrected chi connectivity index (χ3v) is 5.35. The van der Waals surface area contributed by atoms with E-state index < -0.39 is 0 Å². The van der Waals surface area contributed by atoms with Crippen LogP contribution in [-0.4, -0.2) is 70.5 Å². The molecule has 0 aliphatic carbocycles. The summed E-state index contributed by atoms with van der Waals surface area (Å²) in [5.74, 6) is 0.846. The maximum absolute atomic E-state index is 12.8. The van der Waals surface area contributed by atoms with E-state index in [9.17, 15) is 4.79 Å². The number of hydrogen-bond acceptors (Lipinski definition) is 5. The summed E-state index contributed by atoms with van der Waals surface area (Å²) in [5, 5.41) is 0. The quantitative estimate of drug-likeness (QED) is 0.619. The smallest absolute Gasteiger partial charge is 0.331 e. The Labute approximate surface area is 179 Å². The Kier molecular flexibility index (Phi) is 7.50. The molecule has 0 saturated carbocycles. The van der Waals surface area contributed by atoms with Crippen molar-refractivity contribution in [1.82, 2.24) is 19.4 Å². The lowest BCUT2D eigenvalue weighted by molar-refractivity contribution is 0.140. The Morgan fingerprint density at radius 2 is 1.87 bits per heavy atom. The molecule has 7 nitrogen and oxygen atoms in total. The fourth-order valence-electron chi connectivity index (χ4n) is 3.65. The summed E-state index contributed by atoms with van der Waals surface area (Å²) in [5.41, 5.74) is 1.39. The van der Waals surface area contributed by atoms with Crippen molar-refractivity contribution < 1.29 is 14.3 Å². The molecule has 1 amide bonds. The minimum atomic E-state index is -0.315. The molecule has 30 heavy (non-hydrogen) atoms. The molecule has 2 aromatic rings. The van der Waals surface area contributed by atoms with Crippen LogP contribution in [-0.2, 0) is 4.74 Å². The molecule has 0 unspecified atom stereocenters. The van der Waals surface area contributed by atoms with Gasteiger partial charge in [0.2, 0.25) is 0 Å². The van der Waals surface area contributed by atoms with Gasteiger partial charge in [-0.2, -0.15) is 0 Å². The van der Waals surface area contributed by atoms with Crippen molar-refractivity contribution in [3.05, 3.63) is 36.8 Å². The highest BCUT2D eigenvalue weighted by Gasteiger charge is 2.37. The normalized spacial score (nSPS) is 15.7. The summed E-state index contributed by atoms with van der Waals surface area (Å²) in [7, 11) is 0. The zero-order valence-electron chi connectivity index (χ0n) is 18.6. The summed E-state index contributed by atoms with van der Waals surface area (Å²) in [4.78, 5) is 21.3. The molecule has 2 heterocycles. The first-order chi connectivity index (χ1) is 14.4. The molecule has 1 aliphatic rings. The van der Waals surface area contributed by atoms with Crippen LogP contribution >= 0.6 is 0 Å². The molecule has 0 N–H and O–H groups in total. The monoisotopic (exact) mass is 414 g/mol. The summed E-state index contributed by atoms with van der Waals surface area (Å²) in [6.07, 6.45) is 5.64. The van der Waals surface area contributed by atoms with Crippen LogP contribution in [0.25, 0.3) is 11.3 Å². The van der Waals surface area contributed by atoms with Crippen molar-refractivity contribution in [2.75, 3.05) is 39.6 Å². The largest absolute Gasteiger partial charge is 0.492 e. The van der Waals surface area contributed by atoms with Gasteiger partial charge in [-0.3, -0.25) is 14.4 Å². The highest BCUT2D eigenvalue weighted by Crippen LogP contribution is 2.24. The standard InChI is InChI=1S/C23H34N4O3/c1-5-11-25(12-6-2)13-14-30-20-9-7-19(8-10-20)21-15-26(17-24-21)22(28)27-18-29-16-23(27,3)4/h7-10,15,17H,5-6,11-14,16,18H2,1-4H3. The molecule has 1 aromatic heterocycles. The second-order valence-corrected chi connectivity index (χ2v) is 8.38. The van der Waals surface area contributed by atoms with Crippen molar-refractivity contribution in [2.24, 2.45) is 0 Å². The van der Waals surface area contributed by atoms with Crippen molar-refractivity contribution >= 4 is 6.03 Å². The van der Waals surface area contributed by atoms with Crippen molar-refractivity contribution in [3.63, 3.8) is 0 Å². The Bertz CT molecular complexity index is 810. The third kappa shape index (κ3) is 5.40. The Hall–Kier alpha value is -2.38. The Morgan fingerprint density at radius 3 is 2.47 bits per heavy atom. The van der Waals surface area contributed by atoms with Gasteiger partial charge in [0.05, 0.1) is 17.8 Å². The number of rotatable bonds is 9. The molecule has 1 fully saturated rings. The lowest BCUT2D eigenvalue weighted by Gasteiger charge is -2.28. The summed E-state index contributed by atoms with van der Waals surface area (Å²) in [6.45, 7) is 13.1. The number of benzene rings is 1. The van der Waals surface area contributed by atoms with Crippen LogP contribution in [0.3, 0.4) is 0 Å². The van der Waals surface area contributed by atoms with E-state index in [0.717, 1.165) is 49.5 Å². The predicted octanol–water partition coefficient (Wildman–Crippen LogP) is 4.09.